The predicted molar refractivity (Wildman–Crippen MR) is 236 cm³/mol. The van der Waals surface area contributed by atoms with E-state index in [4.69, 9.17) is 29.0 Å². The van der Waals surface area contributed by atoms with Gasteiger partial charge in [-0.25, -0.2) is 27.3 Å². The van der Waals surface area contributed by atoms with Crippen LogP contribution in [0.2, 0.25) is 0 Å². The van der Waals surface area contributed by atoms with Crippen LogP contribution in [-0.4, -0.2) is 75.2 Å². The number of carbonyl (C=O) groups excluding carboxylic acids is 3. The number of aliphatic imine (C=N–C) groups is 1. The van der Waals surface area contributed by atoms with Crippen molar-refractivity contribution in [2.45, 2.75) is 95.4 Å². The summed E-state index contributed by atoms with van der Waals surface area (Å²) in [7, 11) is -7.25. The molecule has 4 aromatic rings. The lowest BCUT2D eigenvalue weighted by Crippen LogP contribution is -2.52. The Labute approximate surface area is 371 Å². The molecule has 1 aliphatic carbocycles. The Hall–Kier alpha value is -5.94. The summed E-state index contributed by atoms with van der Waals surface area (Å²) in [5.41, 5.74) is 13.4. The van der Waals surface area contributed by atoms with E-state index in [-0.39, 0.29) is 61.5 Å². The smallest absolute Gasteiger partial charge is 0.487 e. The SMILES string of the molecule is COC(=O)[C@H](Cc1ccc2c(c1)COP(=O)(O)O2)NC(=O)[C@H](CCCN=C(N)NS(=O)(=O)c1c(C)c(C)c2c(c1C)CC(C)(C)O2)NC(=O)OCC1c2ccccc2-c2ccccc21. The number of carbonyl (C=O) groups is 3. The molecule has 7 rings (SSSR count). The van der Waals surface area contributed by atoms with Gasteiger partial charge in [0.1, 0.15) is 35.8 Å². The van der Waals surface area contributed by atoms with Gasteiger partial charge in [-0.15, -0.1) is 0 Å². The normalized spacial score (nSPS) is 18.2. The molecular formula is C45H52N5O12PS. The van der Waals surface area contributed by atoms with Crippen molar-refractivity contribution < 1.29 is 55.5 Å². The minimum absolute atomic E-state index is 0.0229. The number of hydrogen-bond donors (Lipinski definition) is 5. The third-order valence-electron chi connectivity index (χ3n) is 11.6. The molecule has 19 heteroatoms. The van der Waals surface area contributed by atoms with Crippen LogP contribution in [-0.2, 0) is 57.6 Å². The van der Waals surface area contributed by atoms with Crippen LogP contribution in [0.1, 0.15) is 77.1 Å². The predicted octanol–water partition coefficient (Wildman–Crippen LogP) is 5.52. The van der Waals surface area contributed by atoms with Crippen LogP contribution in [0.5, 0.6) is 11.5 Å². The highest BCUT2D eigenvalue weighted by Gasteiger charge is 2.37. The Kier molecular flexibility index (Phi) is 13.2. The van der Waals surface area contributed by atoms with Crippen molar-refractivity contribution in [1.82, 2.24) is 15.4 Å². The second kappa shape index (κ2) is 18.3. The van der Waals surface area contributed by atoms with E-state index in [1.807, 2.05) is 69.3 Å². The first-order chi connectivity index (χ1) is 30.3. The minimum Gasteiger partial charge on any atom is -0.487 e. The second-order valence-corrected chi connectivity index (χ2v) is 19.6. The summed E-state index contributed by atoms with van der Waals surface area (Å²) in [6.07, 6.45) is -0.299. The summed E-state index contributed by atoms with van der Waals surface area (Å²) in [4.78, 5) is 54.6. The summed E-state index contributed by atoms with van der Waals surface area (Å²) in [6, 6.07) is 17.9. The van der Waals surface area contributed by atoms with Crippen LogP contribution >= 0.6 is 7.82 Å². The average Bonchev–Trinajstić information content (AvgIpc) is 3.75. The molecule has 0 saturated heterocycles. The van der Waals surface area contributed by atoms with Gasteiger partial charge in [-0.05, 0) is 104 Å². The highest BCUT2D eigenvalue weighted by atomic mass is 32.2. The highest BCUT2D eigenvalue weighted by Crippen LogP contribution is 2.50. The first-order valence-corrected chi connectivity index (χ1v) is 23.7. The third-order valence-corrected chi connectivity index (χ3v) is 14.2. The molecule has 6 N–H and O–H groups in total. The summed E-state index contributed by atoms with van der Waals surface area (Å²) in [5, 5.41) is 5.33. The Balaban J connectivity index is 1.05. The van der Waals surface area contributed by atoms with E-state index in [0.717, 1.165) is 33.4 Å². The molecule has 4 aromatic carbocycles. The maximum absolute atomic E-state index is 14.0. The number of amides is 2. The van der Waals surface area contributed by atoms with Crippen LogP contribution in [0, 0.1) is 20.8 Å². The van der Waals surface area contributed by atoms with Crippen LogP contribution in [0.15, 0.2) is 76.6 Å². The number of methoxy groups -OCH3 is 1. The molecule has 1 unspecified atom stereocenters. The summed E-state index contributed by atoms with van der Waals surface area (Å²) < 4.78 is 68.6. The molecule has 2 aliphatic heterocycles. The van der Waals surface area contributed by atoms with E-state index in [9.17, 15) is 32.3 Å². The zero-order valence-electron chi connectivity index (χ0n) is 36.4. The molecule has 0 saturated carbocycles. The van der Waals surface area contributed by atoms with Gasteiger partial charge in [-0.1, -0.05) is 54.6 Å². The lowest BCUT2D eigenvalue weighted by Gasteiger charge is -2.24. The number of nitrogens with one attached hydrogen (secondary N) is 3. The zero-order valence-corrected chi connectivity index (χ0v) is 38.1. The van der Waals surface area contributed by atoms with Gasteiger partial charge in [0.25, 0.3) is 10.0 Å². The number of rotatable bonds is 14. The van der Waals surface area contributed by atoms with Gasteiger partial charge in [-0.3, -0.25) is 19.2 Å². The molecule has 0 aromatic heterocycles. The molecule has 17 nitrogen and oxygen atoms in total. The van der Waals surface area contributed by atoms with E-state index in [2.05, 4.69) is 20.3 Å². The number of phosphoric acid groups is 1. The highest BCUT2D eigenvalue weighted by molar-refractivity contribution is 7.90. The molecule has 340 valence electrons. The second-order valence-electron chi connectivity index (χ2n) is 16.7. The van der Waals surface area contributed by atoms with Crippen LogP contribution in [0.25, 0.3) is 11.1 Å². The standard InChI is InChI=1S/C45H52N5O12PS/c1-25-26(2)40(27(3)34-22-45(4,5)61-39(25)34)64(56,57)50-43(46)47-19-11-16-36(49-44(53)59-24-35-32-14-9-7-12-30(32)31-13-8-10-15-33(31)35)41(51)48-37(42(52)58-6)21-28-17-18-38-29(20-28)23-60-63(54,55)62-38/h7-10,12-15,17-18,20,35-37H,11,16,19,21-24H2,1-6H3,(H,48,51)(H,49,53)(H,54,55)(H3,46,47,50)/t36-,37-/m0/s1. The summed E-state index contributed by atoms with van der Waals surface area (Å²) in [6.45, 7) is 8.88. The number of nitrogens with two attached hydrogens (primary N) is 1. The quantitative estimate of drug-likeness (QED) is 0.0345. The number of hydrogen-bond acceptors (Lipinski definition) is 12. The van der Waals surface area contributed by atoms with Crippen molar-refractivity contribution in [3.8, 4) is 22.6 Å². The number of guanidine groups is 1. The van der Waals surface area contributed by atoms with E-state index >= 15 is 0 Å². The minimum atomic E-state index is -4.24. The largest absolute Gasteiger partial charge is 0.527 e. The van der Waals surface area contributed by atoms with Crippen molar-refractivity contribution >= 4 is 41.8 Å². The van der Waals surface area contributed by atoms with Gasteiger partial charge in [0.15, 0.2) is 0 Å². The molecule has 2 amide bonds. The third kappa shape index (κ3) is 9.89. The zero-order chi connectivity index (χ0) is 46.1. The Morgan fingerprint density at radius 3 is 2.31 bits per heavy atom. The molecular weight excluding hydrogens is 866 g/mol. The van der Waals surface area contributed by atoms with Crippen LogP contribution in [0.3, 0.4) is 0 Å². The van der Waals surface area contributed by atoms with E-state index in [1.165, 1.54) is 13.2 Å². The van der Waals surface area contributed by atoms with E-state index in [1.54, 1.807) is 26.0 Å². The Bertz CT molecular complexity index is 2660. The maximum atomic E-state index is 14.0. The average molecular weight is 918 g/mol. The van der Waals surface area contributed by atoms with Crippen LogP contribution < -0.4 is 30.3 Å². The molecule has 2 heterocycles. The maximum Gasteiger partial charge on any atom is 0.527 e. The Morgan fingerprint density at radius 2 is 1.64 bits per heavy atom. The number of alkyl carbamates (subject to hydrolysis) is 1. The van der Waals surface area contributed by atoms with Gasteiger partial charge in [0.2, 0.25) is 11.9 Å². The fourth-order valence-corrected chi connectivity index (χ4v) is 10.8. The number of nitrogens with zero attached hydrogens (tertiary/aromatic N) is 1. The van der Waals surface area contributed by atoms with Crippen molar-refractivity contribution in [3.63, 3.8) is 0 Å². The van der Waals surface area contributed by atoms with Gasteiger partial charge in [-0.2, -0.15) is 0 Å². The van der Waals surface area contributed by atoms with Gasteiger partial charge < -0.3 is 35.1 Å². The first-order valence-electron chi connectivity index (χ1n) is 20.7. The van der Waals surface area contributed by atoms with Gasteiger partial charge in [0.05, 0.1) is 18.6 Å². The van der Waals surface area contributed by atoms with E-state index < -0.39 is 53.5 Å². The fourth-order valence-electron chi connectivity index (χ4n) is 8.52. The number of benzene rings is 4. The lowest BCUT2D eigenvalue weighted by molar-refractivity contribution is -0.145. The van der Waals surface area contributed by atoms with Crippen molar-refractivity contribution in [2.24, 2.45) is 10.7 Å². The van der Waals surface area contributed by atoms with Gasteiger partial charge in [0, 0.05) is 36.4 Å². The number of sulfonamides is 1. The number of esters is 1. The first kappa shape index (κ1) is 46.1. The molecule has 64 heavy (non-hydrogen) atoms. The van der Waals surface area contributed by atoms with Crippen molar-refractivity contribution in [3.05, 3.63) is 111 Å². The van der Waals surface area contributed by atoms with Crippen molar-refractivity contribution in [2.75, 3.05) is 20.3 Å². The molecule has 0 spiro atoms. The summed E-state index contributed by atoms with van der Waals surface area (Å²) in [5.74, 6) is -1.30. The number of phosphoric ester groups is 1. The topological polar surface area (TPSA) is 243 Å². The van der Waals surface area contributed by atoms with Gasteiger partial charge >= 0.3 is 19.9 Å². The molecule has 0 radical (unpaired) electrons. The monoisotopic (exact) mass is 917 g/mol. The van der Waals surface area contributed by atoms with Crippen LogP contribution in [0.4, 0.5) is 4.79 Å². The molecule has 3 aliphatic rings. The van der Waals surface area contributed by atoms with Crippen molar-refractivity contribution in [1.29, 1.82) is 0 Å². The lowest BCUT2D eigenvalue weighted by atomic mass is 9.94. The molecule has 0 fully saturated rings. The number of ether oxygens (including phenoxy) is 3. The Morgan fingerprint density at radius 1 is 0.969 bits per heavy atom. The molecule has 3 atom stereocenters. The fraction of sp³-hybridized carbons (Fsp3) is 0.378. The number of fused-ring (bicyclic) bond motifs is 5. The summed E-state index contributed by atoms with van der Waals surface area (Å²) >= 11 is 0. The van der Waals surface area contributed by atoms with E-state index in [0.29, 0.717) is 34.4 Å². The molecule has 0 bridgehead atoms.